The SMILES string of the molecule is Cc1ccc2cccc(NC(=O)Nc3cccc4c3N[C@H](C)CC4)c2n1. The maximum atomic E-state index is 12.6. The van der Waals surface area contributed by atoms with E-state index in [0.29, 0.717) is 11.7 Å². The Kier molecular flexibility index (Phi) is 4.21. The lowest BCUT2D eigenvalue weighted by atomic mass is 9.98. The number of para-hydroxylation sites is 2. The van der Waals surface area contributed by atoms with Gasteiger partial charge in [0.25, 0.3) is 0 Å². The maximum Gasteiger partial charge on any atom is 0.323 e. The Labute approximate surface area is 152 Å². The zero-order valence-electron chi connectivity index (χ0n) is 15.0. The highest BCUT2D eigenvalue weighted by atomic mass is 16.2. The van der Waals surface area contributed by atoms with Crippen molar-refractivity contribution in [3.63, 3.8) is 0 Å². The molecule has 2 aromatic carbocycles. The normalized spacial score (nSPS) is 15.8. The van der Waals surface area contributed by atoms with Crippen molar-refractivity contribution in [2.45, 2.75) is 32.7 Å². The van der Waals surface area contributed by atoms with Crippen LogP contribution < -0.4 is 16.0 Å². The molecule has 0 saturated carbocycles. The molecule has 4 rings (SSSR count). The third-order valence-electron chi connectivity index (χ3n) is 4.74. The van der Waals surface area contributed by atoms with Crippen LogP contribution in [0.25, 0.3) is 10.9 Å². The highest BCUT2D eigenvalue weighted by molar-refractivity contribution is 6.06. The predicted octanol–water partition coefficient (Wildman–Crippen LogP) is 4.93. The van der Waals surface area contributed by atoms with Gasteiger partial charge in [0.05, 0.1) is 22.6 Å². The van der Waals surface area contributed by atoms with Gasteiger partial charge in [-0.15, -0.1) is 0 Å². The third kappa shape index (κ3) is 3.20. The fraction of sp³-hybridized carbons (Fsp3) is 0.238. The minimum absolute atomic E-state index is 0.269. The maximum absolute atomic E-state index is 12.6. The largest absolute Gasteiger partial charge is 0.381 e. The average molecular weight is 346 g/mol. The minimum atomic E-state index is -0.269. The van der Waals surface area contributed by atoms with E-state index in [9.17, 15) is 4.79 Å². The van der Waals surface area contributed by atoms with Gasteiger partial charge < -0.3 is 16.0 Å². The van der Waals surface area contributed by atoms with E-state index in [0.717, 1.165) is 40.8 Å². The van der Waals surface area contributed by atoms with E-state index < -0.39 is 0 Å². The Morgan fingerprint density at radius 2 is 1.85 bits per heavy atom. The number of nitrogens with one attached hydrogen (secondary N) is 3. The van der Waals surface area contributed by atoms with Crippen molar-refractivity contribution in [3.8, 4) is 0 Å². The molecule has 0 unspecified atom stereocenters. The summed E-state index contributed by atoms with van der Waals surface area (Å²) in [7, 11) is 0. The molecular formula is C21H22N4O. The number of amides is 2. The molecule has 3 aromatic rings. The second kappa shape index (κ2) is 6.67. The van der Waals surface area contributed by atoms with E-state index in [1.807, 2.05) is 49.4 Å². The first-order chi connectivity index (χ1) is 12.6. The van der Waals surface area contributed by atoms with E-state index in [-0.39, 0.29) is 6.03 Å². The van der Waals surface area contributed by atoms with E-state index in [1.165, 1.54) is 5.56 Å². The van der Waals surface area contributed by atoms with Gasteiger partial charge in [-0.05, 0) is 50.5 Å². The molecule has 1 aliphatic rings. The molecule has 0 radical (unpaired) electrons. The molecule has 2 heterocycles. The smallest absolute Gasteiger partial charge is 0.323 e. The standard InChI is InChI=1S/C21H22N4O/c1-13-9-11-15-5-3-7-17(19(15)22-13)24-21(26)25-18-8-4-6-16-12-10-14(2)23-20(16)18/h3-9,11,14,23H,10,12H2,1-2H3,(H2,24,25,26)/t14-/m1/s1. The Morgan fingerprint density at radius 1 is 1.08 bits per heavy atom. The number of aromatic nitrogens is 1. The molecule has 0 bridgehead atoms. The number of anilines is 3. The first kappa shape index (κ1) is 16.4. The summed E-state index contributed by atoms with van der Waals surface area (Å²) in [5.74, 6) is 0. The lowest BCUT2D eigenvalue weighted by Crippen LogP contribution is -2.25. The number of nitrogens with zero attached hydrogens (tertiary/aromatic N) is 1. The van der Waals surface area contributed by atoms with Crippen molar-refractivity contribution in [1.82, 2.24) is 4.98 Å². The van der Waals surface area contributed by atoms with Gasteiger partial charge in [-0.1, -0.05) is 30.3 Å². The molecule has 1 atom stereocenters. The lowest BCUT2D eigenvalue weighted by molar-refractivity contribution is 0.262. The summed E-state index contributed by atoms with van der Waals surface area (Å²) in [6, 6.07) is 15.9. The molecule has 0 saturated heterocycles. The molecule has 3 N–H and O–H groups in total. The summed E-state index contributed by atoms with van der Waals surface area (Å²) in [5.41, 5.74) is 5.48. The summed E-state index contributed by atoms with van der Waals surface area (Å²) in [6.45, 7) is 4.10. The van der Waals surface area contributed by atoms with Gasteiger partial charge in [0, 0.05) is 17.1 Å². The van der Waals surface area contributed by atoms with Crippen LogP contribution in [-0.2, 0) is 6.42 Å². The highest BCUT2D eigenvalue weighted by Crippen LogP contribution is 2.32. The molecule has 0 aliphatic carbocycles. The van der Waals surface area contributed by atoms with E-state index in [2.05, 4.69) is 33.9 Å². The summed E-state index contributed by atoms with van der Waals surface area (Å²) in [4.78, 5) is 17.2. The molecule has 0 fully saturated rings. The molecule has 0 spiro atoms. The summed E-state index contributed by atoms with van der Waals surface area (Å²) < 4.78 is 0. The van der Waals surface area contributed by atoms with Crippen molar-refractivity contribution >= 4 is 34.0 Å². The van der Waals surface area contributed by atoms with Crippen molar-refractivity contribution in [2.75, 3.05) is 16.0 Å². The van der Waals surface area contributed by atoms with Crippen LogP contribution in [0.3, 0.4) is 0 Å². The number of benzene rings is 2. The van der Waals surface area contributed by atoms with Gasteiger partial charge in [0.1, 0.15) is 0 Å². The number of fused-ring (bicyclic) bond motifs is 2. The quantitative estimate of drug-likeness (QED) is 0.616. The van der Waals surface area contributed by atoms with Crippen LogP contribution in [-0.4, -0.2) is 17.1 Å². The fourth-order valence-electron chi connectivity index (χ4n) is 3.40. The number of carbonyl (C=O) groups is 1. The fourth-order valence-corrected chi connectivity index (χ4v) is 3.40. The Hall–Kier alpha value is -3.08. The van der Waals surface area contributed by atoms with E-state index in [4.69, 9.17) is 0 Å². The van der Waals surface area contributed by atoms with E-state index >= 15 is 0 Å². The first-order valence-corrected chi connectivity index (χ1v) is 8.93. The van der Waals surface area contributed by atoms with Gasteiger partial charge in [0.15, 0.2) is 0 Å². The summed E-state index contributed by atoms with van der Waals surface area (Å²) in [5, 5.41) is 10.4. The zero-order valence-corrected chi connectivity index (χ0v) is 15.0. The number of hydrogen-bond acceptors (Lipinski definition) is 3. The lowest BCUT2D eigenvalue weighted by Gasteiger charge is -2.26. The molecule has 5 heteroatoms. The molecule has 26 heavy (non-hydrogen) atoms. The molecule has 132 valence electrons. The van der Waals surface area contributed by atoms with Crippen molar-refractivity contribution in [2.24, 2.45) is 0 Å². The van der Waals surface area contributed by atoms with Crippen LogP contribution in [0.4, 0.5) is 21.9 Å². The second-order valence-electron chi connectivity index (χ2n) is 6.83. The molecule has 5 nitrogen and oxygen atoms in total. The Bertz CT molecular complexity index is 983. The van der Waals surface area contributed by atoms with Crippen LogP contribution in [0.1, 0.15) is 24.6 Å². The number of pyridine rings is 1. The molecule has 1 aliphatic heterocycles. The highest BCUT2D eigenvalue weighted by Gasteiger charge is 2.18. The minimum Gasteiger partial charge on any atom is -0.381 e. The van der Waals surface area contributed by atoms with Crippen LogP contribution in [0.15, 0.2) is 48.5 Å². The number of carbonyl (C=O) groups excluding carboxylic acids is 1. The molecular weight excluding hydrogens is 324 g/mol. The third-order valence-corrected chi connectivity index (χ3v) is 4.74. The first-order valence-electron chi connectivity index (χ1n) is 8.93. The van der Waals surface area contributed by atoms with E-state index in [1.54, 1.807) is 0 Å². The van der Waals surface area contributed by atoms with Crippen LogP contribution in [0.5, 0.6) is 0 Å². The predicted molar refractivity (Wildman–Crippen MR) is 107 cm³/mol. The van der Waals surface area contributed by atoms with Gasteiger partial charge in [-0.3, -0.25) is 4.98 Å². The van der Waals surface area contributed by atoms with Gasteiger partial charge in [-0.25, -0.2) is 4.79 Å². The van der Waals surface area contributed by atoms with Gasteiger partial charge in [-0.2, -0.15) is 0 Å². The molecule has 1 aromatic heterocycles. The molecule has 2 amide bonds. The number of hydrogen-bond donors (Lipinski definition) is 3. The monoisotopic (exact) mass is 346 g/mol. The number of aryl methyl sites for hydroxylation is 2. The number of urea groups is 1. The average Bonchev–Trinajstić information content (AvgIpc) is 2.63. The second-order valence-corrected chi connectivity index (χ2v) is 6.83. The number of rotatable bonds is 2. The van der Waals surface area contributed by atoms with Gasteiger partial charge >= 0.3 is 6.03 Å². The van der Waals surface area contributed by atoms with Gasteiger partial charge in [0.2, 0.25) is 0 Å². The Morgan fingerprint density at radius 3 is 2.73 bits per heavy atom. The van der Waals surface area contributed by atoms with Crippen molar-refractivity contribution in [3.05, 3.63) is 59.8 Å². The zero-order chi connectivity index (χ0) is 18.1. The van der Waals surface area contributed by atoms with Crippen molar-refractivity contribution in [1.29, 1.82) is 0 Å². The van der Waals surface area contributed by atoms with Crippen molar-refractivity contribution < 1.29 is 4.79 Å². The summed E-state index contributed by atoms with van der Waals surface area (Å²) >= 11 is 0. The van der Waals surface area contributed by atoms with Crippen LogP contribution >= 0.6 is 0 Å². The van der Waals surface area contributed by atoms with Crippen LogP contribution in [0, 0.1) is 6.92 Å². The Balaban J connectivity index is 1.58. The summed E-state index contributed by atoms with van der Waals surface area (Å²) in [6.07, 6.45) is 2.12. The van der Waals surface area contributed by atoms with Crippen LogP contribution in [0.2, 0.25) is 0 Å². The topological polar surface area (TPSA) is 66.1 Å².